The molecule has 0 radical (unpaired) electrons. The van der Waals surface area contributed by atoms with Crippen molar-refractivity contribution in [3.05, 3.63) is 69.8 Å². The SMILES string of the molecule is CS(=O)(=O)N1CCC(NC(=O)C2C(=O)c3ccc(C(=O)c4ccc5c(c4)C(=O)C(C(=O)NC4CCN(S(C)(=O)=O)CC4)C5=O)cc3C2=O)CC1. The van der Waals surface area contributed by atoms with Crippen LogP contribution in [0.2, 0.25) is 0 Å². The van der Waals surface area contributed by atoms with E-state index in [4.69, 9.17) is 0 Å². The van der Waals surface area contributed by atoms with Crippen molar-refractivity contribution in [1.82, 2.24) is 19.2 Å². The summed E-state index contributed by atoms with van der Waals surface area (Å²) in [5.41, 5.74) is -0.289. The molecule has 2 atom stereocenters. The summed E-state index contributed by atoms with van der Waals surface area (Å²) >= 11 is 0. The molecule has 4 aliphatic rings. The average Bonchev–Trinajstić information content (AvgIpc) is 3.47. The second-order valence-electron chi connectivity index (χ2n) is 13.1. The Kier molecular flexibility index (Phi) is 9.21. The van der Waals surface area contributed by atoms with Crippen molar-refractivity contribution in [1.29, 1.82) is 0 Å². The lowest BCUT2D eigenvalue weighted by Gasteiger charge is -2.31. The molecule has 2 aliphatic heterocycles. The molecule has 0 aromatic heterocycles. The fourth-order valence-corrected chi connectivity index (χ4v) is 8.69. The number of rotatable bonds is 8. The van der Waals surface area contributed by atoms with E-state index in [1.165, 1.54) is 45.0 Å². The first-order valence-electron chi connectivity index (χ1n) is 16.0. The molecule has 2 fully saturated rings. The molecular formula is C33H34N4O11S2. The van der Waals surface area contributed by atoms with Crippen molar-refractivity contribution >= 4 is 60.8 Å². The molecule has 2 saturated heterocycles. The lowest BCUT2D eigenvalue weighted by atomic mass is 9.96. The number of benzene rings is 2. The Balaban J connectivity index is 1.12. The van der Waals surface area contributed by atoms with Crippen LogP contribution in [0.25, 0.3) is 0 Å². The third-order valence-electron chi connectivity index (χ3n) is 9.74. The maximum Gasteiger partial charge on any atom is 0.239 e. The zero-order valence-corrected chi connectivity index (χ0v) is 28.8. The number of hydrogen-bond donors (Lipinski definition) is 2. The third kappa shape index (κ3) is 6.57. The molecule has 15 nitrogen and oxygen atoms in total. The van der Waals surface area contributed by atoms with E-state index in [0.29, 0.717) is 25.7 Å². The summed E-state index contributed by atoms with van der Waals surface area (Å²) in [6, 6.07) is 6.76. The first kappa shape index (κ1) is 35.4. The van der Waals surface area contributed by atoms with Crippen molar-refractivity contribution in [3.63, 3.8) is 0 Å². The van der Waals surface area contributed by atoms with Crippen LogP contribution in [0.3, 0.4) is 0 Å². The summed E-state index contributed by atoms with van der Waals surface area (Å²) in [6.07, 6.45) is 3.44. The normalized spacial score (nSPS) is 22.4. The smallest absolute Gasteiger partial charge is 0.239 e. The van der Waals surface area contributed by atoms with Gasteiger partial charge in [-0.15, -0.1) is 0 Å². The largest absolute Gasteiger partial charge is 0.352 e. The molecule has 0 spiro atoms. The van der Waals surface area contributed by atoms with Crippen LogP contribution >= 0.6 is 0 Å². The molecule has 264 valence electrons. The van der Waals surface area contributed by atoms with Crippen molar-refractivity contribution in [2.24, 2.45) is 11.8 Å². The second kappa shape index (κ2) is 13.0. The number of amides is 2. The number of nitrogens with one attached hydrogen (secondary N) is 2. The third-order valence-corrected chi connectivity index (χ3v) is 12.3. The van der Waals surface area contributed by atoms with Crippen molar-refractivity contribution in [2.45, 2.75) is 37.8 Å². The number of piperidine rings is 2. The monoisotopic (exact) mass is 726 g/mol. The molecule has 2 aliphatic carbocycles. The van der Waals surface area contributed by atoms with E-state index in [1.54, 1.807) is 0 Å². The Morgan fingerprint density at radius 1 is 0.560 bits per heavy atom. The van der Waals surface area contributed by atoms with Gasteiger partial charge < -0.3 is 10.6 Å². The highest BCUT2D eigenvalue weighted by Crippen LogP contribution is 2.32. The van der Waals surface area contributed by atoms with Crippen LogP contribution in [-0.4, -0.2) is 117 Å². The maximum atomic E-state index is 13.5. The molecule has 2 heterocycles. The lowest BCUT2D eigenvalue weighted by molar-refractivity contribution is -0.124. The number of Topliss-reactive ketones (excluding diaryl/α,β-unsaturated/α-hetero) is 4. The number of sulfonamides is 2. The van der Waals surface area contributed by atoms with Crippen molar-refractivity contribution in [2.75, 3.05) is 38.7 Å². The molecule has 2 amide bonds. The van der Waals surface area contributed by atoms with Gasteiger partial charge in [0.25, 0.3) is 0 Å². The van der Waals surface area contributed by atoms with Crippen molar-refractivity contribution < 1.29 is 50.4 Å². The van der Waals surface area contributed by atoms with Gasteiger partial charge in [0.15, 0.2) is 40.8 Å². The summed E-state index contributed by atoms with van der Waals surface area (Å²) in [7, 11) is -6.76. The number of carbonyl (C=O) groups is 7. The minimum atomic E-state index is -3.38. The summed E-state index contributed by atoms with van der Waals surface area (Å²) in [6.45, 7) is 0.749. The first-order valence-corrected chi connectivity index (χ1v) is 19.7. The molecule has 2 N–H and O–H groups in total. The van der Waals surface area contributed by atoms with Crippen LogP contribution in [0.4, 0.5) is 0 Å². The van der Waals surface area contributed by atoms with Crippen LogP contribution in [0.1, 0.15) is 83.0 Å². The summed E-state index contributed by atoms with van der Waals surface area (Å²) in [5.74, 6) is -8.54. The van der Waals surface area contributed by atoms with E-state index >= 15 is 0 Å². The highest BCUT2D eigenvalue weighted by molar-refractivity contribution is 7.88. The van der Waals surface area contributed by atoms with E-state index in [0.717, 1.165) is 12.5 Å². The molecule has 2 aromatic rings. The molecule has 2 unspecified atom stereocenters. The van der Waals surface area contributed by atoms with E-state index in [9.17, 15) is 50.4 Å². The average molecular weight is 727 g/mol. The van der Waals surface area contributed by atoms with Gasteiger partial charge in [-0.25, -0.2) is 25.4 Å². The van der Waals surface area contributed by atoms with Crippen LogP contribution < -0.4 is 10.6 Å². The molecule has 2 aromatic carbocycles. The molecule has 6 rings (SSSR count). The van der Waals surface area contributed by atoms with E-state index in [1.807, 2.05) is 0 Å². The van der Waals surface area contributed by atoms with E-state index < -0.39 is 84.7 Å². The van der Waals surface area contributed by atoms with Gasteiger partial charge in [0, 0.05) is 71.6 Å². The minimum Gasteiger partial charge on any atom is -0.352 e. The molecule has 0 saturated carbocycles. The topological polar surface area (TPSA) is 218 Å². The fraction of sp³-hybridized carbons (Fsp3) is 0.424. The summed E-state index contributed by atoms with van der Waals surface area (Å²) in [5, 5.41) is 5.37. The van der Waals surface area contributed by atoms with Gasteiger partial charge in [0.05, 0.1) is 12.5 Å². The predicted octanol–water partition coefficient (Wildman–Crippen LogP) is -0.0116. The molecule has 0 bridgehead atoms. The zero-order valence-electron chi connectivity index (χ0n) is 27.1. The van der Waals surface area contributed by atoms with Gasteiger partial charge in [0.2, 0.25) is 31.9 Å². The van der Waals surface area contributed by atoms with Gasteiger partial charge in [-0.1, -0.05) is 12.1 Å². The number of carbonyl (C=O) groups excluding carboxylic acids is 7. The molecular weight excluding hydrogens is 693 g/mol. The molecule has 50 heavy (non-hydrogen) atoms. The van der Waals surface area contributed by atoms with Gasteiger partial charge in [-0.3, -0.25) is 33.6 Å². The van der Waals surface area contributed by atoms with Gasteiger partial charge in [0.1, 0.15) is 0 Å². The van der Waals surface area contributed by atoms with E-state index in [2.05, 4.69) is 10.6 Å². The van der Waals surface area contributed by atoms with Crippen LogP contribution in [0, 0.1) is 11.8 Å². The minimum absolute atomic E-state index is 0.00874. The quantitative estimate of drug-likeness (QED) is 0.272. The standard InChI is InChI=1S/C33H34N4O11S2/c1-49(45,46)36-11-7-19(8-12-36)34-32(43)25-28(39)21-5-3-17(15-23(21)30(25)41)27(38)18-4-6-22-24(16-18)31(42)26(29(22)40)33(44)35-20-9-13-37(14-10-20)50(2,47)48/h3-6,15-16,19-20,25-26H,7-14H2,1-2H3,(H,34,43)(H,35,44). The van der Waals surface area contributed by atoms with Gasteiger partial charge >= 0.3 is 0 Å². The van der Waals surface area contributed by atoms with Crippen LogP contribution in [0.15, 0.2) is 36.4 Å². The van der Waals surface area contributed by atoms with Crippen molar-refractivity contribution in [3.8, 4) is 0 Å². The highest BCUT2D eigenvalue weighted by Gasteiger charge is 2.46. The van der Waals surface area contributed by atoms with Crippen LogP contribution in [0.5, 0.6) is 0 Å². The Morgan fingerprint density at radius 3 is 1.20 bits per heavy atom. The fourth-order valence-electron chi connectivity index (χ4n) is 6.94. The highest BCUT2D eigenvalue weighted by atomic mass is 32.2. The maximum absolute atomic E-state index is 13.5. The van der Waals surface area contributed by atoms with Gasteiger partial charge in [-0.2, -0.15) is 0 Å². The Bertz CT molecular complexity index is 1950. The Morgan fingerprint density at radius 2 is 0.880 bits per heavy atom. The number of nitrogens with zero attached hydrogens (tertiary/aromatic N) is 2. The van der Waals surface area contributed by atoms with E-state index in [-0.39, 0.29) is 59.6 Å². The Hall–Kier alpha value is -4.45. The number of hydrogen-bond acceptors (Lipinski definition) is 11. The summed E-state index contributed by atoms with van der Waals surface area (Å²) < 4.78 is 49.7. The van der Waals surface area contributed by atoms with Gasteiger partial charge in [-0.05, 0) is 49.9 Å². The zero-order chi connectivity index (χ0) is 36.3. The molecule has 17 heteroatoms. The first-order chi connectivity index (χ1) is 23.5. The second-order valence-corrected chi connectivity index (χ2v) is 17.0. The number of fused-ring (bicyclic) bond motifs is 2. The Labute approximate surface area is 287 Å². The number of ketones is 5. The summed E-state index contributed by atoms with van der Waals surface area (Å²) in [4.78, 5) is 92.4. The van der Waals surface area contributed by atoms with Crippen LogP contribution in [-0.2, 0) is 29.6 Å². The predicted molar refractivity (Wildman–Crippen MR) is 176 cm³/mol. The lowest BCUT2D eigenvalue weighted by Crippen LogP contribution is -2.48.